The summed E-state index contributed by atoms with van der Waals surface area (Å²) in [4.78, 5) is 24.4. The van der Waals surface area contributed by atoms with Crippen molar-refractivity contribution in [3.63, 3.8) is 0 Å². The fraction of sp³-hybridized carbons (Fsp3) is 0.636. The lowest BCUT2D eigenvalue weighted by atomic mass is 10.3. The van der Waals surface area contributed by atoms with Crippen LogP contribution in [0.3, 0.4) is 0 Å². The average Bonchev–Trinajstić information content (AvgIpc) is 2.31. The molecule has 2 N–H and O–H groups in total. The number of nitrogens with one attached hydrogen (secondary N) is 2. The van der Waals surface area contributed by atoms with Gasteiger partial charge in [0, 0.05) is 20.1 Å². The lowest BCUT2D eigenvalue weighted by molar-refractivity contribution is -0.129. The summed E-state index contributed by atoms with van der Waals surface area (Å²) in [6.45, 7) is 8.40. The van der Waals surface area contributed by atoms with E-state index in [1.54, 1.807) is 24.9 Å². The standard InChI is InChI=1S/C11H21N3O2/c1-5-7-12-11(16)9(3)13-8-10(15)14(4)6-2/h5,9,13H,1,6-8H2,2-4H3,(H,12,16). The predicted octanol–water partition coefficient (Wildman–Crippen LogP) is -0.255. The van der Waals surface area contributed by atoms with Crippen LogP contribution in [0.25, 0.3) is 0 Å². The quantitative estimate of drug-likeness (QED) is 0.589. The van der Waals surface area contributed by atoms with Crippen LogP contribution in [-0.2, 0) is 9.59 Å². The highest BCUT2D eigenvalue weighted by Gasteiger charge is 2.13. The Morgan fingerprint density at radius 1 is 1.50 bits per heavy atom. The summed E-state index contributed by atoms with van der Waals surface area (Å²) >= 11 is 0. The van der Waals surface area contributed by atoms with E-state index in [0.717, 1.165) is 0 Å². The molecular weight excluding hydrogens is 206 g/mol. The first-order chi connectivity index (χ1) is 7.52. The van der Waals surface area contributed by atoms with E-state index in [1.807, 2.05) is 6.92 Å². The second-order valence-corrected chi connectivity index (χ2v) is 3.54. The molecule has 0 aliphatic carbocycles. The predicted molar refractivity (Wildman–Crippen MR) is 64.0 cm³/mol. The number of nitrogens with zero attached hydrogens (tertiary/aromatic N) is 1. The van der Waals surface area contributed by atoms with Gasteiger partial charge in [-0.3, -0.25) is 14.9 Å². The summed E-state index contributed by atoms with van der Waals surface area (Å²) < 4.78 is 0. The molecule has 2 amide bonds. The normalized spacial score (nSPS) is 11.7. The Morgan fingerprint density at radius 2 is 2.12 bits per heavy atom. The smallest absolute Gasteiger partial charge is 0.237 e. The third-order valence-corrected chi connectivity index (χ3v) is 2.27. The fourth-order valence-corrected chi connectivity index (χ4v) is 0.970. The molecule has 0 aromatic heterocycles. The molecule has 0 radical (unpaired) electrons. The number of hydrogen-bond acceptors (Lipinski definition) is 3. The van der Waals surface area contributed by atoms with Gasteiger partial charge >= 0.3 is 0 Å². The van der Waals surface area contributed by atoms with E-state index >= 15 is 0 Å². The lowest BCUT2D eigenvalue weighted by Crippen LogP contribution is -2.46. The average molecular weight is 227 g/mol. The van der Waals surface area contributed by atoms with Gasteiger partial charge in [-0.05, 0) is 13.8 Å². The first-order valence-corrected chi connectivity index (χ1v) is 5.38. The van der Waals surface area contributed by atoms with Crippen LogP contribution >= 0.6 is 0 Å². The van der Waals surface area contributed by atoms with E-state index in [9.17, 15) is 9.59 Å². The molecule has 0 fully saturated rings. The molecular formula is C11H21N3O2. The van der Waals surface area contributed by atoms with Gasteiger partial charge in [0.05, 0.1) is 12.6 Å². The van der Waals surface area contributed by atoms with Crippen molar-refractivity contribution in [3.05, 3.63) is 12.7 Å². The second kappa shape index (κ2) is 7.87. The monoisotopic (exact) mass is 227 g/mol. The Kier molecular flexibility index (Phi) is 7.20. The molecule has 0 rings (SSSR count). The lowest BCUT2D eigenvalue weighted by Gasteiger charge is -2.17. The molecule has 0 aliphatic heterocycles. The molecule has 0 aromatic carbocycles. The van der Waals surface area contributed by atoms with E-state index in [4.69, 9.17) is 0 Å². The zero-order chi connectivity index (χ0) is 12.6. The highest BCUT2D eigenvalue weighted by Crippen LogP contribution is 1.85. The Hall–Kier alpha value is -1.36. The summed E-state index contributed by atoms with van der Waals surface area (Å²) in [5, 5.41) is 5.52. The highest BCUT2D eigenvalue weighted by atomic mass is 16.2. The van der Waals surface area contributed by atoms with Crippen LogP contribution in [0.2, 0.25) is 0 Å². The number of hydrogen-bond donors (Lipinski definition) is 2. The zero-order valence-electron chi connectivity index (χ0n) is 10.2. The van der Waals surface area contributed by atoms with Crippen LogP contribution < -0.4 is 10.6 Å². The molecule has 92 valence electrons. The number of carbonyl (C=O) groups is 2. The molecule has 0 heterocycles. The number of amides is 2. The summed E-state index contributed by atoms with van der Waals surface area (Å²) in [5.74, 6) is -0.155. The molecule has 0 saturated carbocycles. The van der Waals surface area contributed by atoms with Crippen molar-refractivity contribution in [2.75, 3.05) is 26.7 Å². The van der Waals surface area contributed by atoms with E-state index in [-0.39, 0.29) is 24.4 Å². The van der Waals surface area contributed by atoms with Gasteiger partial charge in [-0.1, -0.05) is 6.08 Å². The van der Waals surface area contributed by atoms with E-state index in [1.165, 1.54) is 0 Å². The van der Waals surface area contributed by atoms with Gasteiger partial charge in [0.2, 0.25) is 11.8 Å². The third-order valence-electron chi connectivity index (χ3n) is 2.27. The first kappa shape index (κ1) is 14.6. The van der Waals surface area contributed by atoms with Crippen LogP contribution in [0.1, 0.15) is 13.8 Å². The van der Waals surface area contributed by atoms with Gasteiger partial charge in [-0.15, -0.1) is 6.58 Å². The summed E-state index contributed by atoms with van der Waals surface area (Å²) in [6, 6.07) is -0.380. The molecule has 5 heteroatoms. The van der Waals surface area contributed by atoms with Crippen molar-refractivity contribution >= 4 is 11.8 Å². The fourth-order valence-electron chi connectivity index (χ4n) is 0.970. The molecule has 5 nitrogen and oxygen atoms in total. The van der Waals surface area contributed by atoms with Crippen LogP contribution in [0.5, 0.6) is 0 Å². The minimum atomic E-state index is -0.380. The minimum Gasteiger partial charge on any atom is -0.351 e. The van der Waals surface area contributed by atoms with Gasteiger partial charge in [0.15, 0.2) is 0 Å². The van der Waals surface area contributed by atoms with Gasteiger partial charge in [-0.25, -0.2) is 0 Å². The van der Waals surface area contributed by atoms with Crippen LogP contribution in [0.15, 0.2) is 12.7 Å². The molecule has 0 aromatic rings. The van der Waals surface area contributed by atoms with Crippen molar-refractivity contribution in [2.45, 2.75) is 19.9 Å². The van der Waals surface area contributed by atoms with Crippen molar-refractivity contribution in [2.24, 2.45) is 0 Å². The number of likely N-dealkylation sites (N-methyl/N-ethyl adjacent to an activating group) is 1. The van der Waals surface area contributed by atoms with Gasteiger partial charge in [0.1, 0.15) is 0 Å². The first-order valence-electron chi connectivity index (χ1n) is 5.38. The molecule has 0 spiro atoms. The summed E-state index contributed by atoms with van der Waals surface area (Å²) in [5.41, 5.74) is 0. The molecule has 0 aliphatic rings. The SMILES string of the molecule is C=CCNC(=O)C(C)NCC(=O)N(C)CC. The molecule has 0 saturated heterocycles. The molecule has 0 bridgehead atoms. The van der Waals surface area contributed by atoms with E-state index < -0.39 is 0 Å². The maximum absolute atomic E-state index is 11.4. The van der Waals surface area contributed by atoms with Crippen LogP contribution in [-0.4, -0.2) is 49.4 Å². The number of carbonyl (C=O) groups excluding carboxylic acids is 2. The van der Waals surface area contributed by atoms with Crippen LogP contribution in [0, 0.1) is 0 Å². The summed E-state index contributed by atoms with van der Waals surface area (Å²) in [7, 11) is 1.73. The van der Waals surface area contributed by atoms with Crippen LogP contribution in [0.4, 0.5) is 0 Å². The Labute approximate surface area is 96.9 Å². The maximum atomic E-state index is 11.4. The Bertz CT molecular complexity index is 254. The van der Waals surface area contributed by atoms with Crippen molar-refractivity contribution < 1.29 is 9.59 Å². The molecule has 1 atom stereocenters. The molecule has 16 heavy (non-hydrogen) atoms. The van der Waals surface area contributed by atoms with Crippen molar-refractivity contribution in [1.29, 1.82) is 0 Å². The third kappa shape index (κ3) is 5.50. The molecule has 1 unspecified atom stereocenters. The Morgan fingerprint density at radius 3 is 2.62 bits per heavy atom. The van der Waals surface area contributed by atoms with E-state index in [2.05, 4.69) is 17.2 Å². The van der Waals surface area contributed by atoms with E-state index in [0.29, 0.717) is 13.1 Å². The van der Waals surface area contributed by atoms with Gasteiger partial charge in [-0.2, -0.15) is 0 Å². The van der Waals surface area contributed by atoms with Crippen molar-refractivity contribution in [1.82, 2.24) is 15.5 Å². The minimum absolute atomic E-state index is 0.0223. The van der Waals surface area contributed by atoms with Crippen molar-refractivity contribution in [3.8, 4) is 0 Å². The zero-order valence-corrected chi connectivity index (χ0v) is 10.2. The Balaban J connectivity index is 3.87. The van der Waals surface area contributed by atoms with Gasteiger partial charge in [0.25, 0.3) is 0 Å². The highest BCUT2D eigenvalue weighted by molar-refractivity contribution is 5.83. The number of rotatable bonds is 7. The second-order valence-electron chi connectivity index (χ2n) is 3.54. The topological polar surface area (TPSA) is 61.4 Å². The summed E-state index contributed by atoms with van der Waals surface area (Å²) in [6.07, 6.45) is 1.61. The largest absolute Gasteiger partial charge is 0.351 e. The van der Waals surface area contributed by atoms with Gasteiger partial charge < -0.3 is 10.2 Å². The maximum Gasteiger partial charge on any atom is 0.237 e.